The molecule has 60 valence electrons. The molecule has 0 aromatic carbocycles. The van der Waals surface area contributed by atoms with Crippen molar-refractivity contribution in [3.8, 4) is 0 Å². The Morgan fingerprint density at radius 1 is 1.30 bits per heavy atom. The highest BCUT2D eigenvalue weighted by molar-refractivity contribution is 7.39. The van der Waals surface area contributed by atoms with E-state index in [1.165, 1.54) is 26.4 Å². The quantitative estimate of drug-likeness (QED) is 0.444. The van der Waals surface area contributed by atoms with Gasteiger partial charge in [-0.15, -0.1) is 4.52 Å². The van der Waals surface area contributed by atoms with Gasteiger partial charge in [0.05, 0.1) is 7.11 Å². The SMILES string of the molecule is CCCCCC[P+](=O)OC. The zero-order valence-electron chi connectivity index (χ0n) is 6.80. The first-order chi connectivity index (χ1) is 4.81. The summed E-state index contributed by atoms with van der Waals surface area (Å²) in [6.45, 7) is 2.16. The summed E-state index contributed by atoms with van der Waals surface area (Å²) >= 11 is 0. The Morgan fingerprint density at radius 3 is 2.50 bits per heavy atom. The maximum atomic E-state index is 10.7. The van der Waals surface area contributed by atoms with Crippen LogP contribution < -0.4 is 0 Å². The molecule has 0 bridgehead atoms. The van der Waals surface area contributed by atoms with Crippen LogP contribution in [-0.4, -0.2) is 13.3 Å². The summed E-state index contributed by atoms with van der Waals surface area (Å²) in [5.41, 5.74) is 0. The first-order valence-corrected chi connectivity index (χ1v) is 5.16. The van der Waals surface area contributed by atoms with Crippen LogP contribution in [0.2, 0.25) is 0 Å². The van der Waals surface area contributed by atoms with Gasteiger partial charge < -0.3 is 0 Å². The van der Waals surface area contributed by atoms with Crippen LogP contribution in [0.25, 0.3) is 0 Å². The van der Waals surface area contributed by atoms with E-state index in [4.69, 9.17) is 0 Å². The van der Waals surface area contributed by atoms with Gasteiger partial charge in [-0.2, -0.15) is 0 Å². The lowest BCUT2D eigenvalue weighted by molar-refractivity contribution is 0.413. The molecule has 0 amide bonds. The van der Waals surface area contributed by atoms with Gasteiger partial charge in [0.25, 0.3) is 0 Å². The molecule has 0 aliphatic heterocycles. The summed E-state index contributed by atoms with van der Waals surface area (Å²) in [7, 11) is 0.154. The minimum atomic E-state index is -1.34. The molecule has 0 radical (unpaired) electrons. The predicted molar refractivity (Wildman–Crippen MR) is 43.6 cm³/mol. The van der Waals surface area contributed by atoms with Gasteiger partial charge in [-0.05, 0) is 17.4 Å². The van der Waals surface area contributed by atoms with E-state index in [1.54, 1.807) is 0 Å². The summed E-state index contributed by atoms with van der Waals surface area (Å²) in [6.07, 6.45) is 5.42. The van der Waals surface area contributed by atoms with Crippen molar-refractivity contribution in [2.75, 3.05) is 13.3 Å². The van der Waals surface area contributed by atoms with E-state index in [1.807, 2.05) is 0 Å². The lowest BCUT2D eigenvalue weighted by atomic mass is 10.2. The van der Waals surface area contributed by atoms with Crippen LogP contribution in [0, 0.1) is 0 Å². The molecule has 0 N–H and O–H groups in total. The van der Waals surface area contributed by atoms with Crippen LogP contribution in [-0.2, 0) is 9.09 Å². The largest absolute Gasteiger partial charge is 0.507 e. The summed E-state index contributed by atoms with van der Waals surface area (Å²) in [4.78, 5) is 0. The zero-order valence-corrected chi connectivity index (χ0v) is 7.69. The Labute approximate surface area is 63.8 Å². The second-order valence-electron chi connectivity index (χ2n) is 2.30. The van der Waals surface area contributed by atoms with Gasteiger partial charge in [0.2, 0.25) is 0 Å². The van der Waals surface area contributed by atoms with Gasteiger partial charge in [0.1, 0.15) is 0 Å². The minimum absolute atomic E-state index is 0.728. The fourth-order valence-corrected chi connectivity index (χ4v) is 1.42. The second-order valence-corrected chi connectivity index (χ2v) is 3.78. The van der Waals surface area contributed by atoms with Gasteiger partial charge in [0.15, 0.2) is 6.16 Å². The van der Waals surface area contributed by atoms with E-state index in [0.29, 0.717) is 0 Å². The average Bonchev–Trinajstić information content (AvgIpc) is 1.98. The molecule has 0 spiro atoms. The van der Waals surface area contributed by atoms with Crippen molar-refractivity contribution in [1.29, 1.82) is 0 Å². The van der Waals surface area contributed by atoms with Crippen LogP contribution in [0.5, 0.6) is 0 Å². The zero-order chi connectivity index (χ0) is 7.82. The first kappa shape index (κ1) is 10.1. The van der Waals surface area contributed by atoms with Gasteiger partial charge >= 0.3 is 8.03 Å². The number of hydrogen-bond acceptors (Lipinski definition) is 2. The Bertz CT molecular complexity index is 93.6. The van der Waals surface area contributed by atoms with E-state index in [0.717, 1.165) is 12.6 Å². The maximum Gasteiger partial charge on any atom is 0.507 e. The fraction of sp³-hybridized carbons (Fsp3) is 1.00. The topological polar surface area (TPSA) is 26.3 Å². The number of unbranched alkanes of at least 4 members (excludes halogenated alkanes) is 3. The molecular weight excluding hydrogens is 147 g/mol. The molecule has 0 saturated carbocycles. The summed E-state index contributed by atoms with van der Waals surface area (Å²) in [6, 6.07) is 0. The average molecular weight is 163 g/mol. The van der Waals surface area contributed by atoms with E-state index in [2.05, 4.69) is 11.4 Å². The standard InChI is InChI=1S/C7H16O2P/c1-3-4-5-6-7-10(8)9-2/h3-7H2,1-2H3/q+1. The lowest BCUT2D eigenvalue weighted by Gasteiger charge is -1.89. The summed E-state index contributed by atoms with van der Waals surface area (Å²) in [5.74, 6) is 0. The molecule has 0 aromatic rings. The Hall–Kier alpha value is 0.0600. The second kappa shape index (κ2) is 7.17. The molecule has 0 aliphatic rings. The van der Waals surface area contributed by atoms with Crippen LogP contribution in [0.1, 0.15) is 32.6 Å². The van der Waals surface area contributed by atoms with Gasteiger partial charge in [-0.25, -0.2) is 0 Å². The smallest absolute Gasteiger partial charge is 0.150 e. The van der Waals surface area contributed by atoms with Gasteiger partial charge in [-0.3, -0.25) is 0 Å². The summed E-state index contributed by atoms with van der Waals surface area (Å²) < 4.78 is 15.3. The molecule has 0 rings (SSSR count). The highest BCUT2D eigenvalue weighted by Crippen LogP contribution is 2.22. The van der Waals surface area contributed by atoms with Crippen molar-refractivity contribution >= 4 is 8.03 Å². The molecule has 1 atom stereocenters. The Kier molecular flexibility index (Phi) is 7.21. The molecule has 0 aliphatic carbocycles. The van der Waals surface area contributed by atoms with E-state index in [9.17, 15) is 4.57 Å². The lowest BCUT2D eigenvalue weighted by Crippen LogP contribution is -1.81. The van der Waals surface area contributed by atoms with Crippen molar-refractivity contribution in [3.05, 3.63) is 0 Å². The Morgan fingerprint density at radius 2 is 2.00 bits per heavy atom. The molecular formula is C7H16O2P+. The Balaban J connectivity index is 2.96. The highest BCUT2D eigenvalue weighted by Gasteiger charge is 2.11. The van der Waals surface area contributed by atoms with Crippen LogP contribution in [0.3, 0.4) is 0 Å². The summed E-state index contributed by atoms with van der Waals surface area (Å²) in [5, 5.41) is 0. The third-order valence-corrected chi connectivity index (χ3v) is 2.49. The van der Waals surface area contributed by atoms with Crippen molar-refractivity contribution in [2.24, 2.45) is 0 Å². The number of rotatable bonds is 6. The molecule has 1 unspecified atom stereocenters. The first-order valence-electron chi connectivity index (χ1n) is 3.80. The monoisotopic (exact) mass is 163 g/mol. The molecule has 3 heteroatoms. The predicted octanol–water partition coefficient (Wildman–Crippen LogP) is 2.96. The minimum Gasteiger partial charge on any atom is -0.150 e. The van der Waals surface area contributed by atoms with Gasteiger partial charge in [0, 0.05) is 0 Å². The van der Waals surface area contributed by atoms with E-state index >= 15 is 0 Å². The molecule has 0 heterocycles. The third kappa shape index (κ3) is 6.18. The molecule has 10 heavy (non-hydrogen) atoms. The van der Waals surface area contributed by atoms with E-state index in [-0.39, 0.29) is 0 Å². The highest BCUT2D eigenvalue weighted by atomic mass is 31.1. The van der Waals surface area contributed by atoms with Crippen molar-refractivity contribution in [2.45, 2.75) is 32.6 Å². The maximum absolute atomic E-state index is 10.7. The van der Waals surface area contributed by atoms with Crippen molar-refractivity contribution in [3.63, 3.8) is 0 Å². The van der Waals surface area contributed by atoms with Crippen molar-refractivity contribution in [1.82, 2.24) is 0 Å². The normalized spacial score (nSPS) is 11.6. The van der Waals surface area contributed by atoms with Crippen molar-refractivity contribution < 1.29 is 9.09 Å². The third-order valence-electron chi connectivity index (χ3n) is 1.40. The van der Waals surface area contributed by atoms with E-state index < -0.39 is 8.03 Å². The van der Waals surface area contributed by atoms with Crippen LogP contribution >= 0.6 is 8.03 Å². The van der Waals surface area contributed by atoms with Crippen LogP contribution in [0.4, 0.5) is 0 Å². The molecule has 0 aromatic heterocycles. The number of hydrogen-bond donors (Lipinski definition) is 0. The fourth-order valence-electron chi connectivity index (χ4n) is 0.759. The van der Waals surface area contributed by atoms with Gasteiger partial charge in [-0.1, -0.05) is 19.8 Å². The van der Waals surface area contributed by atoms with Crippen LogP contribution in [0.15, 0.2) is 0 Å². The molecule has 0 saturated heterocycles. The molecule has 0 fully saturated rings. The molecule has 2 nitrogen and oxygen atoms in total.